The van der Waals surface area contributed by atoms with Crippen LogP contribution in [0.25, 0.3) is 0 Å². The molecule has 1 atom stereocenters. The van der Waals surface area contributed by atoms with Crippen LogP contribution in [0.15, 0.2) is 42.6 Å². The number of nitro groups is 1. The SMILES string of the molecule is CC(Nc1ccc(C(=O)NCCCN2C(=O)CCC2=O)cc1[N+](=O)[O-])c1ccccn1. The Morgan fingerprint density at radius 1 is 1.23 bits per heavy atom. The van der Waals surface area contributed by atoms with Gasteiger partial charge >= 0.3 is 0 Å². The molecule has 1 fully saturated rings. The lowest BCUT2D eigenvalue weighted by Gasteiger charge is -2.15. The van der Waals surface area contributed by atoms with Crippen LogP contribution in [0, 0.1) is 10.1 Å². The minimum atomic E-state index is -0.547. The summed E-state index contributed by atoms with van der Waals surface area (Å²) in [5.41, 5.74) is 0.944. The summed E-state index contributed by atoms with van der Waals surface area (Å²) in [5, 5.41) is 17.3. The third-order valence-corrected chi connectivity index (χ3v) is 4.96. The fourth-order valence-electron chi connectivity index (χ4n) is 3.30. The first-order valence-electron chi connectivity index (χ1n) is 9.94. The standard InChI is InChI=1S/C21H23N5O5/c1-14(16-5-2-3-10-22-16)24-17-7-6-15(13-18(17)26(30)31)21(29)23-11-4-12-25-19(27)8-9-20(25)28/h2-3,5-7,10,13-14,24H,4,8-9,11-12H2,1H3,(H,23,29). The third kappa shape index (κ3) is 5.41. The van der Waals surface area contributed by atoms with E-state index in [9.17, 15) is 24.5 Å². The van der Waals surface area contributed by atoms with Gasteiger partial charge in [-0.2, -0.15) is 0 Å². The molecular weight excluding hydrogens is 402 g/mol. The maximum absolute atomic E-state index is 12.4. The van der Waals surface area contributed by atoms with Crippen molar-refractivity contribution >= 4 is 29.1 Å². The Morgan fingerprint density at radius 3 is 2.61 bits per heavy atom. The molecule has 10 nitrogen and oxygen atoms in total. The minimum Gasteiger partial charge on any atom is -0.371 e. The molecule has 2 N–H and O–H groups in total. The number of hydrogen-bond donors (Lipinski definition) is 2. The number of hydrogen-bond acceptors (Lipinski definition) is 7. The summed E-state index contributed by atoms with van der Waals surface area (Å²) in [5.74, 6) is -0.864. The van der Waals surface area contributed by atoms with E-state index in [4.69, 9.17) is 0 Å². The summed E-state index contributed by atoms with van der Waals surface area (Å²) in [6.07, 6.45) is 2.51. The average molecular weight is 425 g/mol. The highest BCUT2D eigenvalue weighted by Crippen LogP contribution is 2.29. The minimum absolute atomic E-state index is 0.149. The Bertz CT molecular complexity index is 979. The van der Waals surface area contributed by atoms with E-state index in [-0.39, 0.29) is 60.7 Å². The van der Waals surface area contributed by atoms with Gasteiger partial charge in [0.2, 0.25) is 11.8 Å². The highest BCUT2D eigenvalue weighted by Gasteiger charge is 2.28. The van der Waals surface area contributed by atoms with Crippen molar-refractivity contribution in [3.05, 3.63) is 64.0 Å². The average Bonchev–Trinajstić information content (AvgIpc) is 3.09. The number of amides is 3. The van der Waals surface area contributed by atoms with Crippen molar-refractivity contribution < 1.29 is 19.3 Å². The number of benzene rings is 1. The zero-order valence-corrected chi connectivity index (χ0v) is 17.0. The highest BCUT2D eigenvalue weighted by molar-refractivity contribution is 6.01. The number of anilines is 1. The molecule has 0 spiro atoms. The number of nitro benzene ring substituents is 1. The molecule has 2 aromatic rings. The molecule has 3 amide bonds. The van der Waals surface area contributed by atoms with Gasteiger partial charge in [0, 0.05) is 43.8 Å². The normalized spacial score (nSPS) is 14.4. The van der Waals surface area contributed by atoms with Crippen LogP contribution in [0.4, 0.5) is 11.4 Å². The van der Waals surface area contributed by atoms with E-state index < -0.39 is 10.8 Å². The molecule has 0 radical (unpaired) electrons. The first-order valence-corrected chi connectivity index (χ1v) is 9.94. The number of carbonyl (C=O) groups excluding carboxylic acids is 3. The van der Waals surface area contributed by atoms with E-state index in [0.29, 0.717) is 6.42 Å². The fraction of sp³-hybridized carbons (Fsp3) is 0.333. The van der Waals surface area contributed by atoms with Crippen molar-refractivity contribution in [1.29, 1.82) is 0 Å². The maximum atomic E-state index is 12.4. The number of pyridine rings is 1. The Morgan fingerprint density at radius 2 is 1.97 bits per heavy atom. The predicted molar refractivity (Wildman–Crippen MR) is 112 cm³/mol. The quantitative estimate of drug-likeness (QED) is 0.273. The van der Waals surface area contributed by atoms with Crippen LogP contribution >= 0.6 is 0 Å². The van der Waals surface area contributed by atoms with E-state index >= 15 is 0 Å². The Labute approximate surface area is 178 Å². The van der Waals surface area contributed by atoms with Gasteiger partial charge < -0.3 is 10.6 Å². The van der Waals surface area contributed by atoms with Crippen molar-refractivity contribution in [2.24, 2.45) is 0 Å². The number of carbonyl (C=O) groups is 3. The van der Waals surface area contributed by atoms with Gasteiger partial charge in [-0.05, 0) is 37.6 Å². The summed E-state index contributed by atoms with van der Waals surface area (Å²) in [4.78, 5) is 52.0. The molecule has 10 heteroatoms. The van der Waals surface area contributed by atoms with Gasteiger partial charge in [0.25, 0.3) is 11.6 Å². The summed E-state index contributed by atoms with van der Waals surface area (Å²) in [6.45, 7) is 2.31. The van der Waals surface area contributed by atoms with E-state index in [1.165, 1.54) is 23.1 Å². The highest BCUT2D eigenvalue weighted by atomic mass is 16.6. The van der Waals surface area contributed by atoms with E-state index in [1.807, 2.05) is 19.1 Å². The lowest BCUT2D eigenvalue weighted by molar-refractivity contribution is -0.384. The zero-order chi connectivity index (χ0) is 22.4. The van der Waals surface area contributed by atoms with Crippen molar-refractivity contribution in [2.75, 3.05) is 18.4 Å². The van der Waals surface area contributed by atoms with Crippen molar-refractivity contribution in [2.45, 2.75) is 32.2 Å². The second-order valence-corrected chi connectivity index (χ2v) is 7.16. The topological polar surface area (TPSA) is 135 Å². The zero-order valence-electron chi connectivity index (χ0n) is 17.0. The smallest absolute Gasteiger partial charge is 0.293 e. The molecule has 1 aliphatic rings. The lowest BCUT2D eigenvalue weighted by Crippen LogP contribution is -2.33. The van der Waals surface area contributed by atoms with Crippen LogP contribution < -0.4 is 10.6 Å². The second kappa shape index (κ2) is 9.79. The van der Waals surface area contributed by atoms with E-state index in [1.54, 1.807) is 12.3 Å². The molecule has 0 saturated carbocycles. The van der Waals surface area contributed by atoms with E-state index in [0.717, 1.165) is 5.69 Å². The number of likely N-dealkylation sites (tertiary alicyclic amines) is 1. The third-order valence-electron chi connectivity index (χ3n) is 4.96. The summed E-state index contributed by atoms with van der Waals surface area (Å²) >= 11 is 0. The number of rotatable bonds is 9. The van der Waals surface area contributed by atoms with Crippen LogP contribution in [0.3, 0.4) is 0 Å². The maximum Gasteiger partial charge on any atom is 0.293 e. The van der Waals surface area contributed by atoms with Crippen LogP contribution in [0.5, 0.6) is 0 Å². The molecule has 0 aliphatic carbocycles. The molecule has 1 unspecified atom stereocenters. The van der Waals surface area contributed by atoms with Crippen LogP contribution in [0.1, 0.15) is 48.3 Å². The molecule has 3 rings (SSSR count). The number of imide groups is 1. The monoisotopic (exact) mass is 425 g/mol. The van der Waals surface area contributed by atoms with Crippen molar-refractivity contribution in [1.82, 2.24) is 15.2 Å². The second-order valence-electron chi connectivity index (χ2n) is 7.16. The van der Waals surface area contributed by atoms with Crippen LogP contribution in [0.2, 0.25) is 0 Å². The van der Waals surface area contributed by atoms with Gasteiger partial charge in [-0.25, -0.2) is 0 Å². The summed E-state index contributed by atoms with van der Waals surface area (Å²) < 4.78 is 0. The molecule has 2 heterocycles. The number of nitrogens with one attached hydrogen (secondary N) is 2. The molecule has 0 bridgehead atoms. The Balaban J connectivity index is 1.60. The summed E-state index contributed by atoms with van der Waals surface area (Å²) in [7, 11) is 0. The molecular formula is C21H23N5O5. The van der Waals surface area contributed by atoms with Gasteiger partial charge in [-0.1, -0.05) is 6.07 Å². The molecule has 1 aliphatic heterocycles. The molecule has 1 aromatic heterocycles. The first kappa shape index (κ1) is 21.9. The molecule has 31 heavy (non-hydrogen) atoms. The molecule has 162 valence electrons. The Hall–Kier alpha value is -3.82. The van der Waals surface area contributed by atoms with Crippen molar-refractivity contribution in [3.8, 4) is 0 Å². The molecule has 1 saturated heterocycles. The van der Waals surface area contributed by atoms with Gasteiger partial charge in [0.1, 0.15) is 5.69 Å². The van der Waals surface area contributed by atoms with Crippen LogP contribution in [-0.4, -0.2) is 45.6 Å². The summed E-state index contributed by atoms with van der Waals surface area (Å²) in [6, 6.07) is 9.38. The predicted octanol–water partition coefficient (Wildman–Crippen LogP) is 2.43. The van der Waals surface area contributed by atoms with E-state index in [2.05, 4.69) is 15.6 Å². The molecule has 1 aromatic carbocycles. The van der Waals surface area contributed by atoms with Crippen LogP contribution in [-0.2, 0) is 9.59 Å². The lowest BCUT2D eigenvalue weighted by atomic mass is 10.1. The number of nitrogens with zero attached hydrogens (tertiary/aromatic N) is 3. The first-order chi connectivity index (χ1) is 14.9. The fourth-order valence-corrected chi connectivity index (χ4v) is 3.30. The van der Waals surface area contributed by atoms with Gasteiger partial charge in [0.05, 0.1) is 16.7 Å². The van der Waals surface area contributed by atoms with Gasteiger partial charge in [0.15, 0.2) is 0 Å². The van der Waals surface area contributed by atoms with Crippen molar-refractivity contribution in [3.63, 3.8) is 0 Å². The largest absolute Gasteiger partial charge is 0.371 e. The van der Waals surface area contributed by atoms with Gasteiger partial charge in [-0.3, -0.25) is 34.4 Å². The Kier molecular flexibility index (Phi) is 6.91. The van der Waals surface area contributed by atoms with Gasteiger partial charge in [-0.15, -0.1) is 0 Å². The number of aromatic nitrogens is 1.